The minimum Gasteiger partial charge on any atom is -0.480 e. The zero-order valence-electron chi connectivity index (χ0n) is 40.0. The van der Waals surface area contributed by atoms with Crippen molar-refractivity contribution in [3.05, 3.63) is 140 Å². The van der Waals surface area contributed by atoms with E-state index < -0.39 is 43.3 Å². The second-order valence-corrected chi connectivity index (χ2v) is 22.2. The summed E-state index contributed by atoms with van der Waals surface area (Å²) in [4.78, 5) is 70.3. The quantitative estimate of drug-likeness (QED) is 0.0612. The highest BCUT2D eigenvalue weighted by atomic mass is 35.5. The summed E-state index contributed by atoms with van der Waals surface area (Å²) >= 11 is 13.4. The van der Waals surface area contributed by atoms with Crippen molar-refractivity contribution in [2.75, 3.05) is 36.8 Å². The fourth-order valence-electron chi connectivity index (χ4n) is 7.84. The Hall–Kier alpha value is -7.44. The number of methoxy groups -OCH3 is 1. The van der Waals surface area contributed by atoms with Crippen molar-refractivity contribution in [3.63, 3.8) is 0 Å². The van der Waals surface area contributed by atoms with E-state index in [4.69, 9.17) is 32.7 Å². The molecule has 5 aromatic heterocycles. The Balaban J connectivity index is 0.964. The predicted molar refractivity (Wildman–Crippen MR) is 283 cm³/mol. The molecule has 0 radical (unpaired) electrons. The number of benzene rings is 3. The SMILES string of the molecule is CNC(=O)C(C)Cn1cnc2ccc(-c3cnc(OCCNC(=O)C(C)Cn4cnc5ccc(-c6cnc(OC)c(NS(=O)(=O)c7c(Cl)cccc7Cl)c6)cc5c4=O)c(NS(=O)(=O)c4sccc4C)c3)cc2c1=O. The lowest BCUT2D eigenvalue weighted by Crippen LogP contribution is -2.36. The van der Waals surface area contributed by atoms with Gasteiger partial charge in [0, 0.05) is 43.7 Å². The molecule has 3 aromatic carbocycles. The zero-order valence-corrected chi connectivity index (χ0v) is 44.0. The van der Waals surface area contributed by atoms with Crippen LogP contribution in [0.2, 0.25) is 10.0 Å². The number of anilines is 2. The number of fused-ring (bicyclic) bond motifs is 2. The number of halogens is 2. The summed E-state index contributed by atoms with van der Waals surface area (Å²) in [5, 5.41) is 7.33. The van der Waals surface area contributed by atoms with E-state index in [-0.39, 0.29) is 90.8 Å². The Kier molecular flexibility index (Phi) is 15.7. The smallest absolute Gasteiger partial charge is 0.271 e. The first-order valence-electron chi connectivity index (χ1n) is 22.5. The van der Waals surface area contributed by atoms with Gasteiger partial charge < -0.3 is 20.1 Å². The van der Waals surface area contributed by atoms with Crippen LogP contribution in [-0.2, 0) is 42.7 Å². The number of carbonyl (C=O) groups is 2. The molecule has 0 fully saturated rings. The lowest BCUT2D eigenvalue weighted by molar-refractivity contribution is -0.125. The molecule has 384 valence electrons. The average Bonchev–Trinajstić information content (AvgIpc) is 3.83. The van der Waals surface area contributed by atoms with E-state index in [1.807, 2.05) is 0 Å². The van der Waals surface area contributed by atoms with Crippen LogP contribution in [0.3, 0.4) is 0 Å². The molecule has 4 N–H and O–H groups in total. The highest BCUT2D eigenvalue weighted by molar-refractivity contribution is 7.94. The van der Waals surface area contributed by atoms with E-state index in [0.717, 1.165) is 11.3 Å². The molecule has 8 rings (SSSR count). The Labute approximate surface area is 437 Å². The average molecular weight is 1100 g/mol. The van der Waals surface area contributed by atoms with Crippen LogP contribution in [0.5, 0.6) is 11.8 Å². The van der Waals surface area contributed by atoms with Crippen molar-refractivity contribution in [3.8, 4) is 34.0 Å². The number of nitrogens with one attached hydrogen (secondary N) is 4. The number of aryl methyl sites for hydroxylation is 1. The lowest BCUT2D eigenvalue weighted by atomic mass is 10.0. The van der Waals surface area contributed by atoms with Gasteiger partial charge in [-0.05, 0) is 83.6 Å². The number of aromatic nitrogens is 6. The Morgan fingerprint density at radius 3 is 1.76 bits per heavy atom. The summed E-state index contributed by atoms with van der Waals surface area (Å²) in [6.07, 6.45) is 5.64. The summed E-state index contributed by atoms with van der Waals surface area (Å²) < 4.78 is 73.3. The molecule has 0 spiro atoms. The molecule has 5 heterocycles. The van der Waals surface area contributed by atoms with Gasteiger partial charge in [-0.2, -0.15) is 0 Å². The number of hydrogen-bond acceptors (Lipinski definition) is 15. The van der Waals surface area contributed by atoms with Gasteiger partial charge in [-0.15, -0.1) is 11.3 Å². The van der Waals surface area contributed by atoms with Crippen LogP contribution >= 0.6 is 34.5 Å². The molecular formula is C49H46Cl2N10O10S3. The largest absolute Gasteiger partial charge is 0.480 e. The molecule has 0 aliphatic rings. The number of thiophene rings is 1. The minimum absolute atomic E-state index is 0.00323. The third-order valence-corrected chi connectivity index (χ3v) is 17.0. The zero-order chi connectivity index (χ0) is 53.1. The topological polar surface area (TPSA) is 265 Å². The van der Waals surface area contributed by atoms with E-state index in [9.17, 15) is 36.0 Å². The van der Waals surface area contributed by atoms with E-state index in [0.29, 0.717) is 38.9 Å². The molecule has 74 heavy (non-hydrogen) atoms. The maximum absolute atomic E-state index is 13.9. The first kappa shape index (κ1) is 52.9. The van der Waals surface area contributed by atoms with Gasteiger partial charge in [0.2, 0.25) is 23.6 Å². The van der Waals surface area contributed by atoms with Gasteiger partial charge in [0.25, 0.3) is 31.2 Å². The number of amides is 2. The van der Waals surface area contributed by atoms with Crippen LogP contribution < -0.4 is 40.7 Å². The molecule has 8 aromatic rings. The molecule has 0 saturated carbocycles. The number of hydrogen-bond donors (Lipinski definition) is 4. The van der Waals surface area contributed by atoms with E-state index in [1.54, 1.807) is 68.6 Å². The van der Waals surface area contributed by atoms with Gasteiger partial charge >= 0.3 is 0 Å². The van der Waals surface area contributed by atoms with Crippen LogP contribution in [0.15, 0.2) is 122 Å². The minimum atomic E-state index is -4.31. The Morgan fingerprint density at radius 2 is 1.23 bits per heavy atom. The molecule has 25 heteroatoms. The third kappa shape index (κ3) is 11.4. The molecule has 2 amide bonds. The Bertz CT molecular complexity index is 3830. The van der Waals surface area contributed by atoms with Crippen molar-refractivity contribution in [1.29, 1.82) is 0 Å². The number of nitrogens with zero attached hydrogens (tertiary/aromatic N) is 6. The number of ether oxygens (including phenoxy) is 2. The summed E-state index contributed by atoms with van der Waals surface area (Å²) in [5.41, 5.74) is 2.39. The van der Waals surface area contributed by atoms with Crippen molar-refractivity contribution < 1.29 is 35.9 Å². The first-order chi connectivity index (χ1) is 35.3. The van der Waals surface area contributed by atoms with Gasteiger partial charge in [-0.1, -0.05) is 55.2 Å². The number of pyridine rings is 2. The molecule has 2 unspecified atom stereocenters. The van der Waals surface area contributed by atoms with Gasteiger partial charge in [0.15, 0.2) is 0 Å². The molecule has 0 aliphatic heterocycles. The van der Waals surface area contributed by atoms with Crippen molar-refractivity contribution in [2.45, 2.75) is 43.0 Å². The number of sulfonamides is 2. The van der Waals surface area contributed by atoms with Crippen molar-refractivity contribution in [1.82, 2.24) is 39.7 Å². The molecule has 0 saturated heterocycles. The van der Waals surface area contributed by atoms with Gasteiger partial charge in [0.05, 0.1) is 70.0 Å². The number of carbonyl (C=O) groups excluding carboxylic acids is 2. The molecule has 2 atom stereocenters. The highest BCUT2D eigenvalue weighted by Crippen LogP contribution is 2.36. The van der Waals surface area contributed by atoms with Crippen LogP contribution in [0.4, 0.5) is 11.4 Å². The monoisotopic (exact) mass is 1100 g/mol. The lowest BCUT2D eigenvalue weighted by Gasteiger charge is -2.16. The fraction of sp³-hybridized carbons (Fsp3) is 0.224. The van der Waals surface area contributed by atoms with E-state index in [1.165, 1.54) is 78.7 Å². The molecule has 20 nitrogen and oxygen atoms in total. The predicted octanol–water partition coefficient (Wildman–Crippen LogP) is 6.73. The van der Waals surface area contributed by atoms with Crippen LogP contribution in [-0.4, -0.2) is 85.0 Å². The van der Waals surface area contributed by atoms with Crippen LogP contribution in [0, 0.1) is 18.8 Å². The molecule has 0 bridgehead atoms. The van der Waals surface area contributed by atoms with Gasteiger partial charge in [-0.25, -0.2) is 36.8 Å². The van der Waals surface area contributed by atoms with Crippen LogP contribution in [0.25, 0.3) is 44.1 Å². The van der Waals surface area contributed by atoms with Crippen molar-refractivity contribution in [2.24, 2.45) is 11.8 Å². The number of rotatable bonds is 19. The molecule has 0 aliphatic carbocycles. The fourth-order valence-corrected chi connectivity index (χ4v) is 12.5. The third-order valence-electron chi connectivity index (χ3n) is 11.7. The standard InChI is InChI=1S/C49H46Cl2N10O10S3/c1-27-13-16-72-49(27)74(68,69)59-41-20-33(31-10-12-38-34(18-31)47(64)60(25-56-38)23-28(2)43(62)52-4)22-55-46(41)71-15-14-53-44(63)29(3)24-61-26-57-39-11-9-30(17-35(39)48(61)65)32-19-40(45(70-5)54-21-32)58-73(66,67)42-36(50)7-6-8-37(42)51/h6-13,16-22,25-26,28-29,58-59H,14-15,23-24H2,1-5H3,(H,52,62)(H,53,63). The Morgan fingerprint density at radius 1 is 0.703 bits per heavy atom. The second-order valence-electron chi connectivity index (χ2n) is 16.9. The maximum atomic E-state index is 13.9. The summed E-state index contributed by atoms with van der Waals surface area (Å²) in [7, 11) is -5.58. The van der Waals surface area contributed by atoms with Crippen LogP contribution in [0.1, 0.15) is 19.4 Å². The maximum Gasteiger partial charge on any atom is 0.271 e. The second kappa shape index (κ2) is 22.0. The van der Waals surface area contributed by atoms with Gasteiger partial charge in [0.1, 0.15) is 27.1 Å². The first-order valence-corrected chi connectivity index (χ1v) is 27.1. The summed E-state index contributed by atoms with van der Waals surface area (Å²) in [6.45, 7) is 4.89. The summed E-state index contributed by atoms with van der Waals surface area (Å²) in [5.74, 6) is -2.01. The van der Waals surface area contributed by atoms with Crippen molar-refractivity contribution >= 4 is 99.6 Å². The summed E-state index contributed by atoms with van der Waals surface area (Å²) in [6, 6.07) is 18.9. The van der Waals surface area contributed by atoms with E-state index >= 15 is 0 Å². The highest BCUT2D eigenvalue weighted by Gasteiger charge is 2.26. The normalized spacial score (nSPS) is 12.5. The van der Waals surface area contributed by atoms with Gasteiger partial charge in [-0.3, -0.25) is 37.8 Å². The molecular weight excluding hydrogens is 1060 g/mol. The van der Waals surface area contributed by atoms with E-state index in [2.05, 4.69) is 40.0 Å².